The first-order valence-electron chi connectivity index (χ1n) is 11.5. The number of carbonyl (C=O) groups excluding carboxylic acids is 3. The third-order valence-electron chi connectivity index (χ3n) is 7.28. The summed E-state index contributed by atoms with van der Waals surface area (Å²) in [5, 5.41) is 13.2. The number of fused-ring (bicyclic) bond motifs is 1. The van der Waals surface area contributed by atoms with Crippen LogP contribution in [-0.4, -0.2) is 52.7 Å². The van der Waals surface area contributed by atoms with Crippen LogP contribution in [0.25, 0.3) is 0 Å². The molecule has 1 aromatic rings. The summed E-state index contributed by atoms with van der Waals surface area (Å²) < 4.78 is 14.1. The Labute approximate surface area is 196 Å². The Balaban J connectivity index is 1.38. The Morgan fingerprint density at radius 3 is 2.76 bits per heavy atom. The van der Waals surface area contributed by atoms with Gasteiger partial charge in [0.25, 0.3) is 5.91 Å². The van der Waals surface area contributed by atoms with Gasteiger partial charge in [0.1, 0.15) is 11.9 Å². The number of amides is 1. The number of piperidine rings is 1. The Morgan fingerprint density at radius 2 is 2.00 bits per heavy atom. The number of aliphatic hydroxyl groups is 1. The molecule has 0 bridgehead atoms. The molecule has 3 atom stereocenters. The van der Waals surface area contributed by atoms with Crippen molar-refractivity contribution in [3.05, 3.63) is 57.4 Å². The van der Waals surface area contributed by atoms with Gasteiger partial charge in [0.2, 0.25) is 5.78 Å². The minimum atomic E-state index is -1.64. The third kappa shape index (κ3) is 4.18. The first kappa shape index (κ1) is 22.4. The lowest BCUT2D eigenvalue weighted by molar-refractivity contribution is -0.131. The second kappa shape index (κ2) is 8.78. The Morgan fingerprint density at radius 1 is 1.21 bits per heavy atom. The number of nitrogens with one attached hydrogen (secondary N) is 1. The standard InChI is InChI=1S/C25H26ClFN2O4/c26-18-5-1-3-14(21(18)27)11-28-25(33)17-9-15-10-19-16(22(30)20(15)24(32)23(17)31)4-2-8-29(19)12-13-6-7-13/h1,3,5,9,13,16,19,24,32H,2,4,6-8,10-12H2,(H,28,33). The largest absolute Gasteiger partial charge is 0.380 e. The molecule has 5 rings (SSSR count). The fourth-order valence-electron chi connectivity index (χ4n) is 5.36. The van der Waals surface area contributed by atoms with Crippen LogP contribution in [0.4, 0.5) is 4.39 Å². The highest BCUT2D eigenvalue weighted by Gasteiger charge is 2.47. The van der Waals surface area contributed by atoms with Crippen LogP contribution in [0.1, 0.15) is 37.7 Å². The van der Waals surface area contributed by atoms with E-state index in [1.807, 2.05) is 0 Å². The van der Waals surface area contributed by atoms with Crippen LogP contribution in [0.2, 0.25) is 5.02 Å². The van der Waals surface area contributed by atoms with Gasteiger partial charge in [-0.3, -0.25) is 19.3 Å². The first-order valence-corrected chi connectivity index (χ1v) is 11.9. The second-order valence-corrected chi connectivity index (χ2v) is 9.89. The summed E-state index contributed by atoms with van der Waals surface area (Å²) in [5.41, 5.74) is 0.690. The SMILES string of the molecule is O=C(NCc1cccc(Cl)c1F)C1=CC2=C(C(=O)C3CCCN(CC4CC4)C3C2)C(O)C1=O. The van der Waals surface area contributed by atoms with E-state index >= 15 is 0 Å². The van der Waals surface area contributed by atoms with Crippen LogP contribution < -0.4 is 5.32 Å². The number of halogens is 2. The average Bonchev–Trinajstić information content (AvgIpc) is 3.61. The monoisotopic (exact) mass is 472 g/mol. The van der Waals surface area contributed by atoms with Crippen LogP contribution in [0.15, 0.2) is 41.0 Å². The molecule has 0 aromatic heterocycles. The molecule has 1 saturated carbocycles. The van der Waals surface area contributed by atoms with Crippen LogP contribution >= 0.6 is 11.6 Å². The number of benzene rings is 1. The molecule has 2 fully saturated rings. The topological polar surface area (TPSA) is 86.7 Å². The van der Waals surface area contributed by atoms with Crippen LogP contribution in [0.5, 0.6) is 0 Å². The van der Waals surface area contributed by atoms with E-state index in [0.29, 0.717) is 17.9 Å². The third-order valence-corrected chi connectivity index (χ3v) is 7.57. The van der Waals surface area contributed by atoms with E-state index in [9.17, 15) is 23.9 Å². The molecule has 0 spiro atoms. The normalized spacial score (nSPS) is 27.7. The quantitative estimate of drug-likeness (QED) is 0.643. The van der Waals surface area contributed by atoms with Crippen LogP contribution in [-0.2, 0) is 20.9 Å². The van der Waals surface area contributed by atoms with Gasteiger partial charge in [-0.15, -0.1) is 0 Å². The number of allylic oxidation sites excluding steroid dienone is 1. The van der Waals surface area contributed by atoms with E-state index in [0.717, 1.165) is 25.9 Å². The number of likely N-dealkylation sites (tertiary alicyclic amines) is 1. The van der Waals surface area contributed by atoms with E-state index in [4.69, 9.17) is 11.6 Å². The number of carbonyl (C=O) groups is 3. The van der Waals surface area contributed by atoms with Crippen molar-refractivity contribution >= 4 is 29.1 Å². The molecule has 3 unspecified atom stereocenters. The van der Waals surface area contributed by atoms with Crippen molar-refractivity contribution in [1.82, 2.24) is 10.2 Å². The second-order valence-electron chi connectivity index (χ2n) is 9.48. The molecule has 174 valence electrons. The minimum Gasteiger partial charge on any atom is -0.380 e. The molecule has 0 radical (unpaired) electrons. The smallest absolute Gasteiger partial charge is 0.255 e. The summed E-state index contributed by atoms with van der Waals surface area (Å²) in [6, 6.07) is 4.50. The Bertz CT molecular complexity index is 1090. The average molecular weight is 473 g/mol. The number of nitrogens with zero attached hydrogens (tertiary/aromatic N) is 1. The van der Waals surface area contributed by atoms with E-state index in [2.05, 4.69) is 10.2 Å². The zero-order valence-electron chi connectivity index (χ0n) is 18.2. The molecule has 8 heteroatoms. The van der Waals surface area contributed by atoms with Crippen molar-refractivity contribution in [2.75, 3.05) is 13.1 Å². The fraction of sp³-hybridized carbons (Fsp3) is 0.480. The number of aliphatic hydroxyl groups excluding tert-OH is 1. The van der Waals surface area contributed by atoms with Gasteiger partial charge in [-0.25, -0.2) is 4.39 Å². The molecule has 4 aliphatic rings. The van der Waals surface area contributed by atoms with Gasteiger partial charge in [-0.1, -0.05) is 23.7 Å². The maximum Gasteiger partial charge on any atom is 0.255 e. The van der Waals surface area contributed by atoms with Crippen molar-refractivity contribution in [3.8, 4) is 0 Å². The van der Waals surface area contributed by atoms with Gasteiger partial charge in [0.15, 0.2) is 5.78 Å². The van der Waals surface area contributed by atoms with E-state index in [1.165, 1.54) is 31.1 Å². The van der Waals surface area contributed by atoms with Gasteiger partial charge in [-0.05, 0) is 62.3 Å². The molecular formula is C25H26ClFN2O4. The molecule has 1 heterocycles. The molecule has 2 N–H and O–H groups in total. The van der Waals surface area contributed by atoms with Gasteiger partial charge >= 0.3 is 0 Å². The molecule has 33 heavy (non-hydrogen) atoms. The minimum absolute atomic E-state index is 0.0344. The number of hydrogen-bond acceptors (Lipinski definition) is 5. The lowest BCUT2D eigenvalue weighted by Crippen LogP contribution is -2.53. The Hall–Kier alpha value is -2.35. The summed E-state index contributed by atoms with van der Waals surface area (Å²) in [7, 11) is 0. The van der Waals surface area contributed by atoms with Crippen LogP contribution in [0, 0.1) is 17.7 Å². The number of rotatable bonds is 5. The van der Waals surface area contributed by atoms with E-state index in [1.54, 1.807) is 6.07 Å². The van der Waals surface area contributed by atoms with Crippen LogP contribution in [0.3, 0.4) is 0 Å². The summed E-state index contributed by atoms with van der Waals surface area (Å²) in [6.07, 6.45) is 4.47. The van der Waals surface area contributed by atoms with Crippen molar-refractivity contribution in [1.29, 1.82) is 0 Å². The molecule has 1 aromatic carbocycles. The predicted molar refractivity (Wildman–Crippen MR) is 120 cm³/mol. The predicted octanol–water partition coefficient (Wildman–Crippen LogP) is 2.73. The van der Waals surface area contributed by atoms with E-state index in [-0.39, 0.29) is 46.0 Å². The highest BCUT2D eigenvalue weighted by molar-refractivity contribution is 6.30. The molecule has 1 saturated heterocycles. The lowest BCUT2D eigenvalue weighted by Gasteiger charge is -2.45. The molecule has 3 aliphatic carbocycles. The Kier molecular flexibility index (Phi) is 5.97. The summed E-state index contributed by atoms with van der Waals surface area (Å²) in [4.78, 5) is 41.3. The van der Waals surface area contributed by atoms with Crippen molar-refractivity contribution in [2.24, 2.45) is 11.8 Å². The first-order chi connectivity index (χ1) is 15.8. The molecule has 1 amide bonds. The van der Waals surface area contributed by atoms with Gasteiger partial charge in [-0.2, -0.15) is 0 Å². The highest BCUT2D eigenvalue weighted by Crippen LogP contribution is 2.42. The van der Waals surface area contributed by atoms with Crippen molar-refractivity contribution < 1.29 is 23.9 Å². The zero-order chi connectivity index (χ0) is 23.3. The molecular weight excluding hydrogens is 447 g/mol. The maximum atomic E-state index is 14.1. The maximum absolute atomic E-state index is 14.1. The van der Waals surface area contributed by atoms with Gasteiger partial charge in [0.05, 0.1) is 10.6 Å². The zero-order valence-corrected chi connectivity index (χ0v) is 18.9. The number of Topliss-reactive ketones (excluding diaryl/α,β-unsaturated/α-hetero) is 2. The van der Waals surface area contributed by atoms with E-state index < -0.39 is 23.6 Å². The fourth-order valence-corrected chi connectivity index (χ4v) is 5.55. The van der Waals surface area contributed by atoms with Crippen molar-refractivity contribution in [2.45, 2.75) is 50.8 Å². The van der Waals surface area contributed by atoms with Gasteiger partial charge in [0, 0.05) is 36.2 Å². The summed E-state index contributed by atoms with van der Waals surface area (Å²) in [5.74, 6) is -1.83. The summed E-state index contributed by atoms with van der Waals surface area (Å²) >= 11 is 5.78. The number of hydrogen-bond donors (Lipinski definition) is 2. The highest BCUT2D eigenvalue weighted by atomic mass is 35.5. The summed E-state index contributed by atoms with van der Waals surface area (Å²) in [6.45, 7) is 1.76. The van der Waals surface area contributed by atoms with Gasteiger partial charge < -0.3 is 10.4 Å². The van der Waals surface area contributed by atoms with Crippen molar-refractivity contribution in [3.63, 3.8) is 0 Å². The number of ketones is 2. The molecule has 1 aliphatic heterocycles. The lowest BCUT2D eigenvalue weighted by atomic mass is 9.70. The molecule has 6 nitrogen and oxygen atoms in total.